The topological polar surface area (TPSA) is 86.8 Å². The van der Waals surface area contributed by atoms with Crippen molar-refractivity contribution in [1.82, 2.24) is 4.90 Å². The van der Waals surface area contributed by atoms with Crippen LogP contribution in [0.15, 0.2) is 42.5 Å². The van der Waals surface area contributed by atoms with Crippen LogP contribution in [0.4, 0.5) is 20.2 Å². The van der Waals surface area contributed by atoms with Gasteiger partial charge in [0.1, 0.15) is 6.04 Å². The highest BCUT2D eigenvalue weighted by Crippen LogP contribution is 2.25. The molecule has 1 fully saturated rings. The number of benzene rings is 2. The Balaban J connectivity index is 1.87. The van der Waals surface area contributed by atoms with Crippen LogP contribution in [-0.4, -0.2) is 50.5 Å². The second kappa shape index (κ2) is 9.64. The van der Waals surface area contributed by atoms with E-state index in [1.807, 2.05) is 0 Å². The number of likely N-dealkylation sites (tertiary alicyclic amines) is 1. The fourth-order valence-electron chi connectivity index (χ4n) is 3.71. The van der Waals surface area contributed by atoms with Gasteiger partial charge in [0.15, 0.2) is 11.6 Å². The zero-order valence-electron chi connectivity index (χ0n) is 17.8. The van der Waals surface area contributed by atoms with Gasteiger partial charge in [0, 0.05) is 19.2 Å². The van der Waals surface area contributed by atoms with E-state index in [1.165, 1.54) is 6.92 Å². The number of carbonyl (C=O) groups is 2. The minimum atomic E-state index is -4.02. The number of hydrogen-bond donors (Lipinski definition) is 1. The summed E-state index contributed by atoms with van der Waals surface area (Å²) >= 11 is 0. The number of hydrogen-bond acceptors (Lipinski definition) is 4. The van der Waals surface area contributed by atoms with Gasteiger partial charge in [-0.15, -0.1) is 0 Å². The maximum atomic E-state index is 13.7. The van der Waals surface area contributed by atoms with E-state index in [4.69, 9.17) is 0 Å². The normalized spacial score (nSPS) is 15.2. The van der Waals surface area contributed by atoms with Crippen LogP contribution in [0.5, 0.6) is 0 Å². The van der Waals surface area contributed by atoms with E-state index >= 15 is 0 Å². The van der Waals surface area contributed by atoms with E-state index < -0.39 is 33.6 Å². The number of rotatable bonds is 6. The molecule has 0 saturated carbocycles. The quantitative estimate of drug-likeness (QED) is 0.709. The number of anilines is 2. The van der Waals surface area contributed by atoms with Crippen LogP contribution in [0.25, 0.3) is 0 Å². The van der Waals surface area contributed by atoms with Crippen LogP contribution in [0, 0.1) is 11.6 Å². The molecule has 0 bridgehead atoms. The summed E-state index contributed by atoms with van der Waals surface area (Å²) in [5, 5.41) is 2.62. The highest BCUT2D eigenvalue weighted by molar-refractivity contribution is 7.92. The molecule has 1 atom stereocenters. The average molecular weight is 466 g/mol. The summed E-state index contributed by atoms with van der Waals surface area (Å²) in [5.74, 6) is -3.31. The molecule has 172 valence electrons. The Labute approximate surface area is 186 Å². The van der Waals surface area contributed by atoms with Crippen LogP contribution >= 0.6 is 0 Å². The molecule has 2 aromatic carbocycles. The fourth-order valence-corrected chi connectivity index (χ4v) is 4.88. The van der Waals surface area contributed by atoms with E-state index in [9.17, 15) is 26.8 Å². The van der Waals surface area contributed by atoms with Crippen molar-refractivity contribution in [3.05, 3.63) is 59.7 Å². The molecule has 1 aliphatic rings. The first-order valence-corrected chi connectivity index (χ1v) is 12.1. The second-order valence-electron chi connectivity index (χ2n) is 7.72. The van der Waals surface area contributed by atoms with Crippen molar-refractivity contribution in [2.24, 2.45) is 0 Å². The monoisotopic (exact) mass is 465 g/mol. The molecule has 0 aliphatic carbocycles. The second-order valence-corrected chi connectivity index (χ2v) is 9.58. The number of nitrogens with zero attached hydrogens (tertiary/aromatic N) is 2. The molecule has 0 aromatic heterocycles. The highest BCUT2D eigenvalue weighted by atomic mass is 32.2. The van der Waals surface area contributed by atoms with Crippen molar-refractivity contribution in [2.75, 3.05) is 29.0 Å². The molecule has 2 aromatic rings. The summed E-state index contributed by atoms with van der Waals surface area (Å²) in [6.07, 6.45) is 3.75. The van der Waals surface area contributed by atoms with Gasteiger partial charge in [0.05, 0.1) is 23.2 Å². The molecule has 7 nitrogen and oxygen atoms in total. The van der Waals surface area contributed by atoms with Crippen molar-refractivity contribution < 1.29 is 26.8 Å². The van der Waals surface area contributed by atoms with Crippen LogP contribution in [-0.2, 0) is 14.8 Å². The molecule has 3 rings (SSSR count). The summed E-state index contributed by atoms with van der Waals surface area (Å²) in [4.78, 5) is 27.6. The summed E-state index contributed by atoms with van der Waals surface area (Å²) in [5.41, 5.74) is 0.360. The lowest BCUT2D eigenvalue weighted by atomic mass is 10.1. The Morgan fingerprint density at radius 1 is 1.03 bits per heavy atom. The molecule has 32 heavy (non-hydrogen) atoms. The predicted octanol–water partition coefficient (Wildman–Crippen LogP) is 3.38. The van der Waals surface area contributed by atoms with Crippen LogP contribution in [0.3, 0.4) is 0 Å². The first-order valence-electron chi connectivity index (χ1n) is 10.2. The molecule has 10 heteroatoms. The van der Waals surface area contributed by atoms with Crippen molar-refractivity contribution in [1.29, 1.82) is 0 Å². The zero-order valence-corrected chi connectivity index (χ0v) is 18.7. The van der Waals surface area contributed by atoms with E-state index in [0.717, 1.165) is 37.7 Å². The Morgan fingerprint density at radius 2 is 1.69 bits per heavy atom. The molecular weight excluding hydrogens is 440 g/mol. The number of sulfonamides is 1. The van der Waals surface area contributed by atoms with Gasteiger partial charge in [0.25, 0.3) is 5.91 Å². The summed E-state index contributed by atoms with van der Waals surface area (Å²) in [6.45, 7) is 2.59. The highest BCUT2D eigenvalue weighted by Gasteiger charge is 2.31. The van der Waals surface area contributed by atoms with Crippen LogP contribution in [0.1, 0.15) is 36.5 Å². The van der Waals surface area contributed by atoms with Gasteiger partial charge in [-0.2, -0.15) is 0 Å². The third kappa shape index (κ3) is 5.24. The minimum Gasteiger partial charge on any atom is -0.339 e. The zero-order chi connectivity index (χ0) is 23.5. The van der Waals surface area contributed by atoms with Gasteiger partial charge in [-0.3, -0.25) is 13.9 Å². The number of amides is 2. The van der Waals surface area contributed by atoms with Gasteiger partial charge in [-0.05, 0) is 50.5 Å². The van der Waals surface area contributed by atoms with Gasteiger partial charge in [-0.1, -0.05) is 12.1 Å². The SMILES string of the molecule is CC(C(=O)Nc1ccccc1C(=O)N1CCCCC1)N(c1ccc(F)c(F)c1)S(C)(=O)=O. The molecule has 1 heterocycles. The number of nitrogens with one attached hydrogen (secondary N) is 1. The van der Waals surface area contributed by atoms with Gasteiger partial charge < -0.3 is 10.2 Å². The predicted molar refractivity (Wildman–Crippen MR) is 118 cm³/mol. The van der Waals surface area contributed by atoms with E-state index in [0.29, 0.717) is 29.0 Å². The maximum absolute atomic E-state index is 13.7. The summed E-state index contributed by atoms with van der Waals surface area (Å²) in [7, 11) is -4.02. The maximum Gasteiger partial charge on any atom is 0.255 e. The van der Waals surface area contributed by atoms with E-state index in [-0.39, 0.29) is 17.3 Å². The lowest BCUT2D eigenvalue weighted by Crippen LogP contribution is -2.45. The summed E-state index contributed by atoms with van der Waals surface area (Å²) < 4.78 is 52.5. The molecule has 1 aliphatic heterocycles. The standard InChI is InChI=1S/C22H25F2N3O4S/c1-15(27(32(2,30)31)16-10-11-18(23)19(24)14-16)21(28)25-20-9-5-4-8-17(20)22(29)26-12-6-3-7-13-26/h4-5,8-11,14-15H,3,6-7,12-13H2,1-2H3,(H,25,28). The lowest BCUT2D eigenvalue weighted by molar-refractivity contribution is -0.116. The molecular formula is C22H25F2N3O4S. The number of para-hydroxylation sites is 1. The lowest BCUT2D eigenvalue weighted by Gasteiger charge is -2.29. The van der Waals surface area contributed by atoms with Crippen molar-refractivity contribution in [3.8, 4) is 0 Å². The first-order chi connectivity index (χ1) is 15.1. The largest absolute Gasteiger partial charge is 0.339 e. The van der Waals surface area contributed by atoms with Crippen molar-refractivity contribution in [2.45, 2.75) is 32.2 Å². The van der Waals surface area contributed by atoms with E-state index in [1.54, 1.807) is 29.2 Å². The van der Waals surface area contributed by atoms with Gasteiger partial charge in [-0.25, -0.2) is 17.2 Å². The number of halogens is 2. The minimum absolute atomic E-state index is 0.188. The fraction of sp³-hybridized carbons (Fsp3) is 0.364. The van der Waals surface area contributed by atoms with Crippen LogP contribution < -0.4 is 9.62 Å². The Bertz CT molecular complexity index is 1120. The number of carbonyl (C=O) groups excluding carboxylic acids is 2. The molecule has 2 amide bonds. The van der Waals surface area contributed by atoms with Gasteiger partial charge >= 0.3 is 0 Å². The average Bonchev–Trinajstić information content (AvgIpc) is 2.76. The Morgan fingerprint density at radius 3 is 2.31 bits per heavy atom. The molecule has 0 radical (unpaired) electrons. The van der Waals surface area contributed by atoms with E-state index in [2.05, 4.69) is 5.32 Å². The van der Waals surface area contributed by atoms with Crippen LogP contribution in [0.2, 0.25) is 0 Å². The molecule has 1 unspecified atom stereocenters. The molecule has 0 spiro atoms. The first kappa shape index (κ1) is 23.6. The number of piperidine rings is 1. The Hall–Kier alpha value is -3.01. The van der Waals surface area contributed by atoms with Crippen molar-refractivity contribution in [3.63, 3.8) is 0 Å². The Kier molecular flexibility index (Phi) is 7.12. The summed E-state index contributed by atoms with van der Waals surface area (Å²) in [6, 6.07) is 7.78. The third-order valence-electron chi connectivity index (χ3n) is 5.30. The molecule has 1 saturated heterocycles. The molecule has 1 N–H and O–H groups in total. The van der Waals surface area contributed by atoms with Gasteiger partial charge in [0.2, 0.25) is 15.9 Å². The third-order valence-corrected chi connectivity index (χ3v) is 6.55. The smallest absolute Gasteiger partial charge is 0.255 e. The van der Waals surface area contributed by atoms with Crippen molar-refractivity contribution >= 4 is 33.2 Å².